The van der Waals surface area contributed by atoms with Crippen LogP contribution in [-0.4, -0.2) is 50.7 Å². The van der Waals surface area contributed by atoms with E-state index in [1.165, 1.54) is 6.92 Å². The number of carboxylic acids is 2. The average Bonchev–Trinajstić information content (AvgIpc) is 2.68. The molecule has 4 N–H and O–H groups in total. The highest BCUT2D eigenvalue weighted by Gasteiger charge is 2.27. The Labute approximate surface area is 172 Å². The van der Waals surface area contributed by atoms with Crippen LogP contribution >= 0.6 is 0 Å². The molecule has 0 radical (unpaired) electrons. The van der Waals surface area contributed by atoms with Gasteiger partial charge in [0, 0.05) is 6.42 Å². The molecule has 2 rings (SSSR count). The second-order valence-electron chi connectivity index (χ2n) is 6.23. The lowest BCUT2D eigenvalue weighted by Crippen LogP contribution is -2.18. The zero-order valence-corrected chi connectivity index (χ0v) is 16.3. The van der Waals surface area contributed by atoms with E-state index >= 15 is 0 Å². The molecule has 9 heteroatoms. The van der Waals surface area contributed by atoms with Crippen molar-refractivity contribution in [2.75, 3.05) is 0 Å². The number of benzene rings is 2. The van der Waals surface area contributed by atoms with Crippen LogP contribution in [0.2, 0.25) is 0 Å². The summed E-state index contributed by atoms with van der Waals surface area (Å²) in [6.45, 7) is 1.43. The van der Waals surface area contributed by atoms with Gasteiger partial charge >= 0.3 is 18.1 Å². The van der Waals surface area contributed by atoms with Crippen LogP contribution in [-0.2, 0) is 0 Å². The molecule has 0 aliphatic carbocycles. The van der Waals surface area contributed by atoms with Crippen molar-refractivity contribution < 1.29 is 43.2 Å². The summed E-state index contributed by atoms with van der Waals surface area (Å²) in [7, 11) is 0. The summed E-state index contributed by atoms with van der Waals surface area (Å²) in [6, 6.07) is 16.6. The Hall–Kier alpha value is -2.91. The monoisotopic (exact) mass is 430 g/mol. The summed E-state index contributed by atoms with van der Waals surface area (Å²) in [6.07, 6.45) is -7.38. The second-order valence-corrected chi connectivity index (χ2v) is 6.23. The smallest absolute Gasteiger partial charge is 0.389 e. The summed E-state index contributed by atoms with van der Waals surface area (Å²) in [4.78, 5) is 20.4. The van der Waals surface area contributed by atoms with Gasteiger partial charge in [0.2, 0.25) is 0 Å². The molecule has 0 spiro atoms. The summed E-state index contributed by atoms with van der Waals surface area (Å²) in [5.74, 6) is -1.76. The van der Waals surface area contributed by atoms with Crippen molar-refractivity contribution in [2.45, 2.75) is 44.6 Å². The fourth-order valence-corrected chi connectivity index (χ4v) is 2.00. The van der Waals surface area contributed by atoms with Crippen LogP contribution in [0, 0.1) is 0 Å². The molecule has 2 atom stereocenters. The van der Waals surface area contributed by atoms with E-state index in [9.17, 15) is 22.8 Å². The van der Waals surface area contributed by atoms with E-state index in [-0.39, 0.29) is 12.8 Å². The molecule has 0 amide bonds. The molecule has 0 bridgehead atoms. The van der Waals surface area contributed by atoms with Gasteiger partial charge in [0.1, 0.15) is 0 Å². The topological polar surface area (TPSA) is 115 Å². The molecular weight excluding hydrogens is 405 g/mol. The molecule has 0 aromatic heterocycles. The fraction of sp³-hybridized carbons (Fsp3) is 0.333. The van der Waals surface area contributed by atoms with Gasteiger partial charge in [-0.3, -0.25) is 0 Å². The molecule has 0 heterocycles. The maximum Gasteiger partial charge on any atom is 0.389 e. The van der Waals surface area contributed by atoms with Crippen molar-refractivity contribution in [3.8, 4) is 0 Å². The van der Waals surface area contributed by atoms with Crippen LogP contribution in [0.15, 0.2) is 60.7 Å². The fourth-order valence-electron chi connectivity index (χ4n) is 2.00. The minimum Gasteiger partial charge on any atom is -0.478 e. The second kappa shape index (κ2) is 14.1. The maximum absolute atomic E-state index is 11.6. The number of halogens is 3. The quantitative estimate of drug-likeness (QED) is 0.545. The average molecular weight is 430 g/mol. The largest absolute Gasteiger partial charge is 0.478 e. The first kappa shape index (κ1) is 27.1. The molecule has 30 heavy (non-hydrogen) atoms. The summed E-state index contributed by atoms with van der Waals surface area (Å²) in [5.41, 5.74) is 0.662. The lowest BCUT2D eigenvalue weighted by atomic mass is 10.1. The van der Waals surface area contributed by atoms with Crippen molar-refractivity contribution in [1.29, 1.82) is 0 Å². The number of carbonyl (C=O) groups is 2. The van der Waals surface area contributed by atoms with Crippen LogP contribution in [0.4, 0.5) is 13.2 Å². The van der Waals surface area contributed by atoms with Crippen molar-refractivity contribution in [3.05, 3.63) is 71.8 Å². The van der Waals surface area contributed by atoms with E-state index in [1.807, 2.05) is 0 Å². The van der Waals surface area contributed by atoms with Gasteiger partial charge in [-0.15, -0.1) is 0 Å². The van der Waals surface area contributed by atoms with Gasteiger partial charge in [-0.05, 0) is 44.0 Å². The van der Waals surface area contributed by atoms with Gasteiger partial charge < -0.3 is 20.4 Å². The van der Waals surface area contributed by atoms with Crippen molar-refractivity contribution in [1.82, 2.24) is 0 Å². The Morgan fingerprint density at radius 1 is 0.833 bits per heavy atom. The lowest BCUT2D eigenvalue weighted by Gasteiger charge is -2.13. The highest BCUT2D eigenvalue weighted by atomic mass is 19.4. The number of aliphatic hydroxyl groups is 2. The molecule has 166 valence electrons. The van der Waals surface area contributed by atoms with Crippen molar-refractivity contribution in [2.24, 2.45) is 0 Å². The normalized spacial score (nSPS) is 12.3. The first-order chi connectivity index (χ1) is 13.9. The Morgan fingerprint density at radius 2 is 1.20 bits per heavy atom. The molecular formula is C21H25F3O6. The van der Waals surface area contributed by atoms with Gasteiger partial charge in [-0.25, -0.2) is 9.59 Å². The molecule has 0 aliphatic heterocycles. The van der Waals surface area contributed by atoms with E-state index < -0.39 is 36.7 Å². The van der Waals surface area contributed by atoms with Crippen LogP contribution in [0.25, 0.3) is 0 Å². The predicted molar refractivity (Wildman–Crippen MR) is 104 cm³/mol. The molecule has 2 aromatic rings. The maximum atomic E-state index is 11.6. The van der Waals surface area contributed by atoms with Gasteiger partial charge in [0.15, 0.2) is 0 Å². The Balaban J connectivity index is 0.000000426. The molecule has 2 unspecified atom stereocenters. The number of hydrogen-bond acceptors (Lipinski definition) is 4. The van der Waals surface area contributed by atoms with Crippen LogP contribution < -0.4 is 0 Å². The molecule has 0 saturated carbocycles. The summed E-state index contributed by atoms with van der Waals surface area (Å²) < 4.78 is 34.7. The third kappa shape index (κ3) is 15.1. The van der Waals surface area contributed by atoms with Gasteiger partial charge in [0.05, 0.1) is 23.3 Å². The minimum absolute atomic E-state index is 0.00389. The van der Waals surface area contributed by atoms with Gasteiger partial charge in [-0.1, -0.05) is 36.4 Å². The van der Waals surface area contributed by atoms with Crippen molar-refractivity contribution in [3.63, 3.8) is 0 Å². The highest BCUT2D eigenvalue weighted by Crippen LogP contribution is 2.23. The molecule has 0 aliphatic rings. The molecule has 0 saturated heterocycles. The highest BCUT2D eigenvalue weighted by molar-refractivity contribution is 5.87. The molecule has 2 aromatic carbocycles. The van der Waals surface area contributed by atoms with E-state index in [0.29, 0.717) is 11.1 Å². The standard InChI is InChI=1S/C7H13F3O2.2C7H6O2/c1-5(11)4-6(12)2-3-7(8,9)10;2*8-7(9)6-4-2-1-3-5-6/h5-6,11-12H,2-4H2,1H3;2*1-5H,(H,8,9). The number of rotatable bonds is 6. The zero-order chi connectivity index (χ0) is 23.2. The number of carboxylic acid groups (broad SMARTS) is 2. The van der Waals surface area contributed by atoms with Gasteiger partial charge in [0.25, 0.3) is 0 Å². The van der Waals surface area contributed by atoms with Crippen LogP contribution in [0.5, 0.6) is 0 Å². The lowest BCUT2D eigenvalue weighted by molar-refractivity contribution is -0.140. The number of aromatic carboxylic acids is 2. The van der Waals surface area contributed by atoms with E-state index in [4.69, 9.17) is 20.4 Å². The number of alkyl halides is 3. The minimum atomic E-state index is -4.22. The molecule has 6 nitrogen and oxygen atoms in total. The summed E-state index contributed by atoms with van der Waals surface area (Å²) in [5, 5.41) is 34.4. The SMILES string of the molecule is CC(O)CC(O)CCC(F)(F)F.O=C(O)c1ccccc1.O=C(O)c1ccccc1. The van der Waals surface area contributed by atoms with E-state index in [0.717, 1.165) is 0 Å². The van der Waals surface area contributed by atoms with Crippen LogP contribution in [0.1, 0.15) is 46.9 Å². The Kier molecular flexibility index (Phi) is 12.8. The number of hydrogen-bond donors (Lipinski definition) is 4. The van der Waals surface area contributed by atoms with Gasteiger partial charge in [-0.2, -0.15) is 13.2 Å². The predicted octanol–water partition coefficient (Wildman–Crippen LogP) is 4.23. The van der Waals surface area contributed by atoms with E-state index in [2.05, 4.69) is 0 Å². The third-order valence-corrected chi connectivity index (χ3v) is 3.42. The Morgan fingerprint density at radius 3 is 1.43 bits per heavy atom. The first-order valence-corrected chi connectivity index (χ1v) is 8.92. The summed E-state index contributed by atoms with van der Waals surface area (Å²) >= 11 is 0. The van der Waals surface area contributed by atoms with E-state index in [1.54, 1.807) is 60.7 Å². The third-order valence-electron chi connectivity index (χ3n) is 3.42. The Bertz CT molecular complexity index is 684. The number of aliphatic hydroxyl groups excluding tert-OH is 2. The molecule has 0 fully saturated rings. The first-order valence-electron chi connectivity index (χ1n) is 8.92. The van der Waals surface area contributed by atoms with Crippen LogP contribution in [0.3, 0.4) is 0 Å². The van der Waals surface area contributed by atoms with Crippen molar-refractivity contribution >= 4 is 11.9 Å². The zero-order valence-electron chi connectivity index (χ0n) is 16.3.